The Bertz CT molecular complexity index is 1330. The molecule has 3 heterocycles. The molecule has 0 bridgehead atoms. The molecule has 0 aromatic heterocycles. The number of rotatable bonds is 4. The number of hydrogen-bond donors (Lipinski definition) is 0. The molecule has 3 aromatic rings. The largest absolute Gasteiger partial charge is 0.493 e. The van der Waals surface area contributed by atoms with Crippen LogP contribution in [0.1, 0.15) is 39.0 Å². The standard InChI is InChI=1S/C30H31N3O4/c1-36-25-18-23-24(19-26(25)37-2)29(34)33-13-12-20-8-6-7-11-22(20)28(33)27(23)30(35)32-16-14-31(15-17-32)21-9-4-3-5-10-21/h3-11,18-19,27-28H,12-17H2,1-2H3. The van der Waals surface area contributed by atoms with Crippen molar-refractivity contribution < 1.29 is 19.1 Å². The van der Waals surface area contributed by atoms with Crippen LogP contribution in [0.15, 0.2) is 66.7 Å². The summed E-state index contributed by atoms with van der Waals surface area (Å²) >= 11 is 0. The van der Waals surface area contributed by atoms with Gasteiger partial charge in [0, 0.05) is 44.0 Å². The maximum absolute atomic E-state index is 14.4. The average molecular weight is 498 g/mol. The Balaban J connectivity index is 1.40. The van der Waals surface area contributed by atoms with Crippen LogP contribution in [0.4, 0.5) is 5.69 Å². The van der Waals surface area contributed by atoms with Crippen LogP contribution >= 0.6 is 0 Å². The molecule has 0 N–H and O–H groups in total. The van der Waals surface area contributed by atoms with Gasteiger partial charge in [-0.3, -0.25) is 9.59 Å². The number of anilines is 1. The maximum atomic E-state index is 14.4. The van der Waals surface area contributed by atoms with Crippen molar-refractivity contribution in [1.29, 1.82) is 0 Å². The summed E-state index contributed by atoms with van der Waals surface area (Å²) in [4.78, 5) is 34.3. The Kier molecular flexibility index (Phi) is 5.99. The molecule has 0 aliphatic carbocycles. The van der Waals surface area contributed by atoms with Crippen molar-refractivity contribution in [1.82, 2.24) is 9.80 Å². The fourth-order valence-corrected chi connectivity index (χ4v) is 6.14. The molecule has 0 spiro atoms. The van der Waals surface area contributed by atoms with E-state index in [1.165, 1.54) is 11.3 Å². The number of methoxy groups -OCH3 is 2. The number of fused-ring (bicyclic) bond motifs is 4. The van der Waals surface area contributed by atoms with Crippen LogP contribution in [0, 0.1) is 0 Å². The van der Waals surface area contributed by atoms with Crippen molar-refractivity contribution >= 4 is 17.5 Å². The number of para-hydroxylation sites is 1. The van der Waals surface area contributed by atoms with E-state index in [-0.39, 0.29) is 17.9 Å². The predicted octanol–water partition coefficient (Wildman–Crippen LogP) is 3.89. The molecule has 2 unspecified atom stereocenters. The van der Waals surface area contributed by atoms with E-state index in [0.29, 0.717) is 36.7 Å². The van der Waals surface area contributed by atoms with Gasteiger partial charge in [-0.25, -0.2) is 0 Å². The summed E-state index contributed by atoms with van der Waals surface area (Å²) in [5.74, 6) is 0.498. The molecule has 37 heavy (non-hydrogen) atoms. The Morgan fingerprint density at radius 1 is 0.811 bits per heavy atom. The van der Waals surface area contributed by atoms with Gasteiger partial charge in [-0.1, -0.05) is 42.5 Å². The third-order valence-electron chi connectivity index (χ3n) is 8.01. The average Bonchev–Trinajstić information content (AvgIpc) is 2.97. The topological polar surface area (TPSA) is 62.3 Å². The summed E-state index contributed by atoms with van der Waals surface area (Å²) in [6.45, 7) is 3.39. The third kappa shape index (κ3) is 3.89. The van der Waals surface area contributed by atoms with Crippen molar-refractivity contribution in [2.45, 2.75) is 18.4 Å². The summed E-state index contributed by atoms with van der Waals surface area (Å²) < 4.78 is 11.1. The lowest BCUT2D eigenvalue weighted by molar-refractivity contribution is -0.135. The van der Waals surface area contributed by atoms with Gasteiger partial charge in [0.25, 0.3) is 5.91 Å². The van der Waals surface area contributed by atoms with Crippen LogP contribution in [0.3, 0.4) is 0 Å². The van der Waals surface area contributed by atoms with E-state index in [4.69, 9.17) is 9.47 Å². The zero-order valence-electron chi connectivity index (χ0n) is 21.2. The van der Waals surface area contributed by atoms with Crippen LogP contribution in [-0.4, -0.2) is 68.6 Å². The number of carbonyl (C=O) groups is 2. The predicted molar refractivity (Wildman–Crippen MR) is 141 cm³/mol. The van der Waals surface area contributed by atoms with Gasteiger partial charge in [-0.05, 0) is 47.4 Å². The molecule has 1 saturated heterocycles. The second-order valence-electron chi connectivity index (χ2n) is 9.81. The molecular weight excluding hydrogens is 466 g/mol. The Morgan fingerprint density at radius 3 is 2.22 bits per heavy atom. The molecular formula is C30H31N3O4. The fourth-order valence-electron chi connectivity index (χ4n) is 6.14. The van der Waals surface area contributed by atoms with Gasteiger partial charge in [0.05, 0.1) is 26.2 Å². The van der Waals surface area contributed by atoms with Gasteiger partial charge in [-0.15, -0.1) is 0 Å². The minimum Gasteiger partial charge on any atom is -0.493 e. The van der Waals surface area contributed by atoms with E-state index in [9.17, 15) is 9.59 Å². The zero-order valence-corrected chi connectivity index (χ0v) is 21.2. The second kappa shape index (κ2) is 9.47. The van der Waals surface area contributed by atoms with Gasteiger partial charge < -0.3 is 24.2 Å². The highest BCUT2D eigenvalue weighted by Crippen LogP contribution is 2.49. The number of amides is 2. The SMILES string of the molecule is COc1cc2c(cc1OC)C(C(=O)N1CCN(c3ccccc3)CC1)C1c3ccccc3CCN1C2=O. The summed E-state index contributed by atoms with van der Waals surface area (Å²) in [6, 6.07) is 21.8. The lowest BCUT2D eigenvalue weighted by Gasteiger charge is -2.47. The number of piperazine rings is 1. The Labute approximate surface area is 217 Å². The molecule has 7 nitrogen and oxygen atoms in total. The van der Waals surface area contributed by atoms with Crippen molar-refractivity contribution in [3.05, 3.63) is 89.0 Å². The highest BCUT2D eigenvalue weighted by molar-refractivity contribution is 6.02. The summed E-state index contributed by atoms with van der Waals surface area (Å²) in [5, 5.41) is 0. The first-order valence-electron chi connectivity index (χ1n) is 12.8. The van der Waals surface area contributed by atoms with Gasteiger partial charge in [0.2, 0.25) is 5.91 Å². The smallest absolute Gasteiger partial charge is 0.254 e. The highest BCUT2D eigenvalue weighted by atomic mass is 16.5. The van der Waals surface area contributed by atoms with E-state index in [1.54, 1.807) is 20.3 Å². The fraction of sp³-hybridized carbons (Fsp3) is 0.333. The first-order valence-corrected chi connectivity index (χ1v) is 12.8. The van der Waals surface area contributed by atoms with Crippen molar-refractivity contribution in [3.8, 4) is 11.5 Å². The lowest BCUT2D eigenvalue weighted by Crippen LogP contribution is -2.54. The minimum absolute atomic E-state index is 0.0559. The molecule has 2 amide bonds. The molecule has 1 fully saturated rings. The van der Waals surface area contributed by atoms with Crippen LogP contribution in [0.25, 0.3) is 0 Å². The van der Waals surface area contributed by atoms with E-state index in [1.807, 2.05) is 46.2 Å². The third-order valence-corrected chi connectivity index (χ3v) is 8.01. The maximum Gasteiger partial charge on any atom is 0.254 e. The van der Waals surface area contributed by atoms with Gasteiger partial charge >= 0.3 is 0 Å². The number of hydrogen-bond acceptors (Lipinski definition) is 5. The second-order valence-corrected chi connectivity index (χ2v) is 9.81. The number of nitrogens with zero attached hydrogens (tertiary/aromatic N) is 3. The van der Waals surface area contributed by atoms with Gasteiger partial charge in [-0.2, -0.15) is 0 Å². The van der Waals surface area contributed by atoms with Crippen LogP contribution in [0.2, 0.25) is 0 Å². The van der Waals surface area contributed by atoms with Crippen molar-refractivity contribution in [2.75, 3.05) is 51.8 Å². The number of ether oxygens (including phenoxy) is 2. The first-order chi connectivity index (χ1) is 18.1. The summed E-state index contributed by atoms with van der Waals surface area (Å²) in [6.07, 6.45) is 0.775. The van der Waals surface area contributed by atoms with Crippen LogP contribution in [0.5, 0.6) is 11.5 Å². The molecule has 190 valence electrons. The normalized spacial score (nSPS) is 20.6. The van der Waals surface area contributed by atoms with E-state index < -0.39 is 5.92 Å². The van der Waals surface area contributed by atoms with Gasteiger partial charge in [0.1, 0.15) is 0 Å². The monoisotopic (exact) mass is 497 g/mol. The van der Waals surface area contributed by atoms with Crippen LogP contribution in [-0.2, 0) is 11.2 Å². The molecule has 3 aliphatic heterocycles. The van der Waals surface area contributed by atoms with E-state index in [2.05, 4.69) is 29.2 Å². The molecule has 6 rings (SSSR count). The van der Waals surface area contributed by atoms with Crippen molar-refractivity contribution in [3.63, 3.8) is 0 Å². The van der Waals surface area contributed by atoms with Crippen LogP contribution < -0.4 is 14.4 Å². The Hall–Kier alpha value is -4.00. The summed E-state index contributed by atoms with van der Waals surface area (Å²) in [7, 11) is 3.14. The number of benzene rings is 3. The van der Waals surface area contributed by atoms with E-state index >= 15 is 0 Å². The zero-order chi connectivity index (χ0) is 25.5. The molecule has 7 heteroatoms. The molecule has 0 radical (unpaired) electrons. The minimum atomic E-state index is -0.516. The Morgan fingerprint density at radius 2 is 1.49 bits per heavy atom. The van der Waals surface area contributed by atoms with E-state index in [0.717, 1.165) is 30.6 Å². The molecule has 3 aromatic carbocycles. The lowest BCUT2D eigenvalue weighted by atomic mass is 9.75. The quantitative estimate of drug-likeness (QED) is 0.547. The van der Waals surface area contributed by atoms with Gasteiger partial charge in [0.15, 0.2) is 11.5 Å². The summed E-state index contributed by atoms with van der Waals surface area (Å²) in [5.41, 5.74) is 4.68. The molecule has 3 aliphatic rings. The molecule has 2 atom stereocenters. The van der Waals surface area contributed by atoms with Crippen molar-refractivity contribution in [2.24, 2.45) is 0 Å². The first kappa shape index (κ1) is 23.4. The highest BCUT2D eigenvalue weighted by Gasteiger charge is 2.48. The number of carbonyl (C=O) groups excluding carboxylic acids is 2. The molecule has 0 saturated carbocycles.